The van der Waals surface area contributed by atoms with Crippen molar-refractivity contribution in [2.24, 2.45) is 5.92 Å². The minimum Gasteiger partial charge on any atom is -0.369 e. The summed E-state index contributed by atoms with van der Waals surface area (Å²) in [7, 11) is 0. The van der Waals surface area contributed by atoms with E-state index in [2.05, 4.69) is 34.7 Å². The molecule has 2 N–H and O–H groups in total. The highest BCUT2D eigenvalue weighted by Gasteiger charge is 2.10. The largest absolute Gasteiger partial charge is 0.369 e. The summed E-state index contributed by atoms with van der Waals surface area (Å²) in [6, 6.07) is 9.37. The Morgan fingerprint density at radius 2 is 1.91 bits per heavy atom. The maximum absolute atomic E-state index is 12.2. The van der Waals surface area contributed by atoms with Crippen LogP contribution in [0.1, 0.15) is 41.9 Å². The molecule has 1 aromatic heterocycles. The Balaban J connectivity index is 1.97. The maximum atomic E-state index is 12.2. The van der Waals surface area contributed by atoms with E-state index in [-0.39, 0.29) is 5.91 Å². The molecule has 0 radical (unpaired) electrons. The van der Waals surface area contributed by atoms with Gasteiger partial charge in [-0.25, -0.2) is 0 Å². The highest BCUT2D eigenvalue weighted by atomic mass is 16.1. The number of aromatic nitrogens is 2. The van der Waals surface area contributed by atoms with Crippen molar-refractivity contribution in [3.8, 4) is 0 Å². The summed E-state index contributed by atoms with van der Waals surface area (Å²) in [6.07, 6.45) is 1.07. The molecule has 2 rings (SSSR count). The summed E-state index contributed by atoms with van der Waals surface area (Å²) in [6.45, 7) is 9.19. The number of aryl methyl sites for hydroxylation is 2. The number of anilines is 2. The molecule has 2 aromatic rings. The highest BCUT2D eigenvalue weighted by molar-refractivity contribution is 6.03. The van der Waals surface area contributed by atoms with E-state index < -0.39 is 0 Å². The maximum Gasteiger partial charge on any atom is 0.276 e. The third-order valence-corrected chi connectivity index (χ3v) is 3.56. The number of carbonyl (C=O) groups is 1. The molecular formula is C18H24N4O. The summed E-state index contributed by atoms with van der Waals surface area (Å²) in [5.74, 6) is 1.07. The van der Waals surface area contributed by atoms with Crippen molar-refractivity contribution in [2.45, 2.75) is 34.1 Å². The van der Waals surface area contributed by atoms with Crippen LogP contribution in [0, 0.1) is 19.8 Å². The fourth-order valence-corrected chi connectivity index (χ4v) is 2.18. The molecule has 1 amide bonds. The first-order valence-corrected chi connectivity index (χ1v) is 7.92. The zero-order chi connectivity index (χ0) is 16.8. The van der Waals surface area contributed by atoms with E-state index in [4.69, 9.17) is 0 Å². The lowest BCUT2D eigenvalue weighted by molar-refractivity contribution is 0.102. The van der Waals surface area contributed by atoms with E-state index in [0.29, 0.717) is 17.4 Å². The van der Waals surface area contributed by atoms with Crippen molar-refractivity contribution in [2.75, 3.05) is 17.2 Å². The predicted molar refractivity (Wildman–Crippen MR) is 93.8 cm³/mol. The molecule has 0 bridgehead atoms. The van der Waals surface area contributed by atoms with Crippen molar-refractivity contribution < 1.29 is 4.79 Å². The van der Waals surface area contributed by atoms with Gasteiger partial charge >= 0.3 is 0 Å². The molecule has 0 saturated carbocycles. The number of nitrogens with zero attached hydrogens (tertiary/aromatic N) is 2. The number of carbonyl (C=O) groups excluding carboxylic acids is 1. The normalized spacial score (nSPS) is 10.7. The quantitative estimate of drug-likeness (QED) is 0.851. The van der Waals surface area contributed by atoms with Gasteiger partial charge in [-0.05, 0) is 49.9 Å². The summed E-state index contributed by atoms with van der Waals surface area (Å²) in [5.41, 5.74) is 3.29. The highest BCUT2D eigenvalue weighted by Crippen LogP contribution is 2.16. The second kappa shape index (κ2) is 7.72. The van der Waals surface area contributed by atoms with Crippen LogP contribution in [0.2, 0.25) is 0 Å². The Morgan fingerprint density at radius 1 is 1.13 bits per heavy atom. The van der Waals surface area contributed by atoms with Gasteiger partial charge in [0.05, 0.1) is 0 Å². The fraction of sp³-hybridized carbons (Fsp3) is 0.389. The topological polar surface area (TPSA) is 66.9 Å². The molecule has 5 nitrogen and oxygen atoms in total. The van der Waals surface area contributed by atoms with Crippen LogP contribution in [0.4, 0.5) is 11.5 Å². The number of rotatable bonds is 6. The lowest BCUT2D eigenvalue weighted by Gasteiger charge is -2.09. The number of nitrogens with one attached hydrogen (secondary N) is 2. The molecule has 1 aromatic carbocycles. The molecule has 122 valence electrons. The van der Waals surface area contributed by atoms with Crippen molar-refractivity contribution >= 4 is 17.4 Å². The van der Waals surface area contributed by atoms with Crippen LogP contribution < -0.4 is 10.6 Å². The third kappa shape index (κ3) is 5.06. The first-order chi connectivity index (χ1) is 11.0. The van der Waals surface area contributed by atoms with Gasteiger partial charge in [-0.2, -0.15) is 0 Å². The fourth-order valence-electron chi connectivity index (χ4n) is 2.18. The Morgan fingerprint density at radius 3 is 2.52 bits per heavy atom. The Labute approximate surface area is 137 Å². The third-order valence-electron chi connectivity index (χ3n) is 3.56. The summed E-state index contributed by atoms with van der Waals surface area (Å²) < 4.78 is 0. The van der Waals surface area contributed by atoms with Crippen LogP contribution in [-0.2, 0) is 0 Å². The average Bonchev–Trinajstić information content (AvgIpc) is 2.50. The summed E-state index contributed by atoms with van der Waals surface area (Å²) >= 11 is 0. The molecule has 0 aliphatic carbocycles. The standard InChI is InChI=1S/C18H24N4O/c1-12(2)9-10-19-17-8-7-16(21-22-17)18(23)20-15-6-5-13(3)11-14(15)4/h5-8,11-12H,9-10H2,1-4H3,(H,19,22)(H,20,23). The van der Waals surface area contributed by atoms with E-state index in [0.717, 1.165) is 29.8 Å². The van der Waals surface area contributed by atoms with Crippen LogP contribution in [0.25, 0.3) is 0 Å². The van der Waals surface area contributed by atoms with E-state index in [1.165, 1.54) is 0 Å². The first-order valence-electron chi connectivity index (χ1n) is 7.92. The Kier molecular flexibility index (Phi) is 5.68. The van der Waals surface area contributed by atoms with Crippen LogP contribution in [0.15, 0.2) is 30.3 Å². The Bertz CT molecular complexity index is 665. The molecule has 0 aliphatic rings. The van der Waals surface area contributed by atoms with E-state index in [9.17, 15) is 4.79 Å². The van der Waals surface area contributed by atoms with Gasteiger partial charge in [-0.3, -0.25) is 4.79 Å². The van der Waals surface area contributed by atoms with Crippen LogP contribution >= 0.6 is 0 Å². The smallest absolute Gasteiger partial charge is 0.276 e. The monoisotopic (exact) mass is 312 g/mol. The van der Waals surface area contributed by atoms with Gasteiger partial charge in [0.25, 0.3) is 5.91 Å². The van der Waals surface area contributed by atoms with Crippen molar-refractivity contribution in [3.63, 3.8) is 0 Å². The molecule has 0 fully saturated rings. The van der Waals surface area contributed by atoms with Crippen LogP contribution in [0.3, 0.4) is 0 Å². The van der Waals surface area contributed by atoms with Crippen LogP contribution in [-0.4, -0.2) is 22.6 Å². The second-order valence-electron chi connectivity index (χ2n) is 6.19. The van der Waals surface area contributed by atoms with Gasteiger partial charge in [0.15, 0.2) is 5.69 Å². The lowest BCUT2D eigenvalue weighted by atomic mass is 10.1. The van der Waals surface area contributed by atoms with E-state index in [1.807, 2.05) is 32.0 Å². The van der Waals surface area contributed by atoms with Crippen LogP contribution in [0.5, 0.6) is 0 Å². The lowest BCUT2D eigenvalue weighted by Crippen LogP contribution is -2.16. The van der Waals surface area contributed by atoms with Gasteiger partial charge in [0.1, 0.15) is 5.82 Å². The van der Waals surface area contributed by atoms with E-state index in [1.54, 1.807) is 12.1 Å². The second-order valence-corrected chi connectivity index (χ2v) is 6.19. The molecule has 0 unspecified atom stereocenters. The van der Waals surface area contributed by atoms with Crippen molar-refractivity contribution in [3.05, 3.63) is 47.2 Å². The molecule has 0 saturated heterocycles. The molecule has 0 spiro atoms. The molecule has 23 heavy (non-hydrogen) atoms. The summed E-state index contributed by atoms with van der Waals surface area (Å²) in [4.78, 5) is 12.2. The number of hydrogen-bond acceptors (Lipinski definition) is 4. The number of amides is 1. The van der Waals surface area contributed by atoms with Gasteiger partial charge in [0, 0.05) is 12.2 Å². The van der Waals surface area contributed by atoms with Crippen molar-refractivity contribution in [1.82, 2.24) is 10.2 Å². The molecule has 0 aliphatic heterocycles. The Hall–Kier alpha value is -2.43. The van der Waals surface area contributed by atoms with Gasteiger partial charge in [-0.1, -0.05) is 31.5 Å². The zero-order valence-corrected chi connectivity index (χ0v) is 14.2. The minimum absolute atomic E-state index is 0.252. The number of hydrogen-bond donors (Lipinski definition) is 2. The molecular weight excluding hydrogens is 288 g/mol. The first kappa shape index (κ1) is 16.9. The summed E-state index contributed by atoms with van der Waals surface area (Å²) in [5, 5.41) is 14.1. The molecule has 1 heterocycles. The van der Waals surface area contributed by atoms with Gasteiger partial charge in [-0.15, -0.1) is 10.2 Å². The minimum atomic E-state index is -0.252. The van der Waals surface area contributed by atoms with Gasteiger partial charge in [0.2, 0.25) is 0 Å². The molecule has 5 heteroatoms. The predicted octanol–water partition coefficient (Wildman–Crippen LogP) is 3.80. The van der Waals surface area contributed by atoms with Gasteiger partial charge < -0.3 is 10.6 Å². The van der Waals surface area contributed by atoms with Crippen molar-refractivity contribution in [1.29, 1.82) is 0 Å². The zero-order valence-electron chi connectivity index (χ0n) is 14.2. The SMILES string of the molecule is Cc1ccc(NC(=O)c2ccc(NCCC(C)C)nn2)c(C)c1. The molecule has 0 atom stereocenters. The average molecular weight is 312 g/mol. The number of benzene rings is 1. The van der Waals surface area contributed by atoms with E-state index >= 15 is 0 Å².